The van der Waals surface area contributed by atoms with E-state index in [9.17, 15) is 9.59 Å². The van der Waals surface area contributed by atoms with Gasteiger partial charge in [-0.05, 0) is 71.0 Å². The van der Waals surface area contributed by atoms with E-state index >= 15 is 0 Å². The molecule has 1 N–H and O–H groups in total. The number of hydrogen-bond acceptors (Lipinski definition) is 12. The molecule has 0 aliphatic heterocycles. The fourth-order valence-corrected chi connectivity index (χ4v) is 7.39. The summed E-state index contributed by atoms with van der Waals surface area (Å²) in [5, 5.41) is 13.5. The summed E-state index contributed by atoms with van der Waals surface area (Å²) < 4.78 is 31.5. The van der Waals surface area contributed by atoms with Crippen molar-refractivity contribution in [3.05, 3.63) is 82.1 Å². The summed E-state index contributed by atoms with van der Waals surface area (Å²) in [5.41, 5.74) is 4.17. The summed E-state index contributed by atoms with van der Waals surface area (Å²) in [5.74, 6) is 1.98. The van der Waals surface area contributed by atoms with E-state index in [-0.39, 0.29) is 25.3 Å². The van der Waals surface area contributed by atoms with E-state index < -0.39 is 17.6 Å². The Labute approximate surface area is 335 Å². The lowest BCUT2D eigenvalue weighted by Gasteiger charge is -2.28. The van der Waals surface area contributed by atoms with Crippen LogP contribution in [-0.4, -0.2) is 80.5 Å². The van der Waals surface area contributed by atoms with Gasteiger partial charge in [-0.25, -0.2) is 14.8 Å². The van der Waals surface area contributed by atoms with Crippen LogP contribution >= 0.6 is 11.3 Å². The minimum absolute atomic E-state index is 0.0907. The van der Waals surface area contributed by atoms with Gasteiger partial charge in [-0.3, -0.25) is 19.1 Å². The van der Waals surface area contributed by atoms with Gasteiger partial charge in [0.05, 0.1) is 69.5 Å². The molecule has 2 amide bonds. The van der Waals surface area contributed by atoms with Crippen LogP contribution in [0.3, 0.4) is 0 Å². The number of benzene rings is 2. The lowest BCUT2D eigenvalue weighted by molar-refractivity contribution is 0.0217. The number of nitrogens with one attached hydrogen (secondary N) is 1. The van der Waals surface area contributed by atoms with E-state index in [0.717, 1.165) is 22.5 Å². The van der Waals surface area contributed by atoms with Gasteiger partial charge < -0.3 is 29.0 Å². The number of hydrogen-bond donors (Lipinski definition) is 1. The molecule has 6 aromatic rings. The highest BCUT2D eigenvalue weighted by atomic mass is 32.1. The third-order valence-corrected chi connectivity index (χ3v) is 10.2. The number of aromatic nitrogens is 6. The average Bonchev–Trinajstić information content (AvgIpc) is 3.91. The van der Waals surface area contributed by atoms with E-state index in [2.05, 4.69) is 15.5 Å². The first-order valence-electron chi connectivity index (χ1n) is 18.3. The number of amides is 2. The molecule has 0 unspecified atom stereocenters. The zero-order valence-electron chi connectivity index (χ0n) is 33.9. The molecule has 6 rings (SSSR count). The molecule has 0 saturated heterocycles. The minimum Gasteiger partial charge on any atom is -0.497 e. The highest BCUT2D eigenvalue weighted by Gasteiger charge is 2.29. The van der Waals surface area contributed by atoms with Gasteiger partial charge >= 0.3 is 6.09 Å². The van der Waals surface area contributed by atoms with Gasteiger partial charge in [0, 0.05) is 48.8 Å². The molecule has 0 aliphatic carbocycles. The molecule has 0 aliphatic rings. The molecule has 0 radical (unpaired) electrons. The van der Waals surface area contributed by atoms with E-state index in [1.54, 1.807) is 75.5 Å². The number of pyridine rings is 1. The van der Waals surface area contributed by atoms with Crippen molar-refractivity contribution >= 4 is 34.2 Å². The third-order valence-electron chi connectivity index (χ3n) is 9.10. The Morgan fingerprint density at radius 1 is 0.860 bits per heavy atom. The number of nitrogens with zero attached hydrogens (tertiary/aromatic N) is 7. The third kappa shape index (κ3) is 8.96. The van der Waals surface area contributed by atoms with Crippen molar-refractivity contribution in [1.82, 2.24) is 39.7 Å². The lowest BCUT2D eigenvalue weighted by Crippen LogP contribution is -2.36. The van der Waals surface area contributed by atoms with Gasteiger partial charge in [0.2, 0.25) is 0 Å². The van der Waals surface area contributed by atoms with Gasteiger partial charge in [0.25, 0.3) is 5.91 Å². The molecule has 0 atom stereocenters. The number of carbonyl (C=O) groups is 2. The van der Waals surface area contributed by atoms with E-state index in [4.69, 9.17) is 33.7 Å². The number of aryl methyl sites for hydroxylation is 3. The topological polar surface area (TPSA) is 157 Å². The van der Waals surface area contributed by atoms with Crippen LogP contribution in [0.4, 0.5) is 4.79 Å². The monoisotopic (exact) mass is 796 g/mol. The van der Waals surface area contributed by atoms with Crippen molar-refractivity contribution < 1.29 is 33.3 Å². The molecule has 15 nitrogen and oxygen atoms in total. The van der Waals surface area contributed by atoms with Crippen molar-refractivity contribution in [2.24, 2.45) is 7.05 Å². The van der Waals surface area contributed by atoms with Crippen LogP contribution in [0.5, 0.6) is 23.0 Å². The Morgan fingerprint density at radius 2 is 1.53 bits per heavy atom. The Kier molecular flexibility index (Phi) is 12.0. The second-order valence-corrected chi connectivity index (χ2v) is 15.3. The summed E-state index contributed by atoms with van der Waals surface area (Å²) in [6, 6.07) is 14.5. The maximum atomic E-state index is 14.1. The first-order chi connectivity index (χ1) is 27.2. The number of methoxy groups -OCH3 is 4. The summed E-state index contributed by atoms with van der Waals surface area (Å²) >= 11 is 1.42. The first-order valence-corrected chi connectivity index (χ1v) is 19.1. The average molecular weight is 797 g/mol. The Hall–Kier alpha value is -6.16. The van der Waals surface area contributed by atoms with Gasteiger partial charge in [-0.2, -0.15) is 10.2 Å². The van der Waals surface area contributed by atoms with Gasteiger partial charge in [0.15, 0.2) is 0 Å². The highest BCUT2D eigenvalue weighted by molar-refractivity contribution is 7.15. The van der Waals surface area contributed by atoms with Gasteiger partial charge in [-0.1, -0.05) is 0 Å². The highest BCUT2D eigenvalue weighted by Crippen LogP contribution is 2.38. The molecule has 16 heteroatoms. The molecule has 0 spiro atoms. The Bertz CT molecular complexity index is 2410. The molecule has 0 fully saturated rings. The van der Waals surface area contributed by atoms with Crippen molar-refractivity contribution in [2.45, 2.75) is 66.4 Å². The van der Waals surface area contributed by atoms with E-state index in [1.807, 2.05) is 63.6 Å². The standard InChI is InChI=1S/C41H48N8O7S/c1-11-49-32(16-24(2)46-49)39-45-37(35(57-39)23-48(40(51)56-41(3,4)5)22-26-13-15-28(53-8)18-34(26)55-10)36-29-21-43-47(6)31(29)19-30(44-36)38(50)42-20-25-12-14-27(52-7)17-33(25)54-9/h12-19,21H,11,20,22-23H2,1-10H3,(H,42,50). The Morgan fingerprint density at radius 3 is 2.16 bits per heavy atom. The fourth-order valence-electron chi connectivity index (χ4n) is 6.29. The van der Waals surface area contributed by atoms with E-state index in [0.29, 0.717) is 61.7 Å². The quantitative estimate of drug-likeness (QED) is 0.119. The van der Waals surface area contributed by atoms with Crippen LogP contribution in [0, 0.1) is 6.92 Å². The molecule has 0 saturated carbocycles. The lowest BCUT2D eigenvalue weighted by atomic mass is 10.1. The van der Waals surface area contributed by atoms with E-state index in [1.165, 1.54) is 11.3 Å². The SMILES string of the molecule is CCn1nc(C)cc1-c1nc(-c2nc(C(=O)NCc3ccc(OC)cc3OC)cc3c2cnn3C)c(CN(Cc2ccc(OC)cc2OC)C(=O)OC(C)(C)C)s1. The molecule has 2 aromatic carbocycles. The number of fused-ring (bicyclic) bond motifs is 1. The van der Waals surface area contributed by atoms with Crippen LogP contribution in [0.2, 0.25) is 0 Å². The number of rotatable bonds is 14. The normalized spacial score (nSPS) is 11.4. The predicted octanol–water partition coefficient (Wildman–Crippen LogP) is 7.19. The Balaban J connectivity index is 1.47. The summed E-state index contributed by atoms with van der Waals surface area (Å²) in [7, 11) is 8.11. The number of ether oxygens (including phenoxy) is 5. The second-order valence-electron chi connectivity index (χ2n) is 14.2. The van der Waals surface area contributed by atoms with Crippen LogP contribution < -0.4 is 24.3 Å². The van der Waals surface area contributed by atoms with Crippen LogP contribution in [0.15, 0.2) is 54.7 Å². The largest absolute Gasteiger partial charge is 0.497 e. The maximum absolute atomic E-state index is 14.1. The maximum Gasteiger partial charge on any atom is 0.410 e. The zero-order valence-corrected chi connectivity index (χ0v) is 34.7. The van der Waals surface area contributed by atoms with Crippen molar-refractivity contribution in [3.8, 4) is 45.1 Å². The molecule has 57 heavy (non-hydrogen) atoms. The number of carbonyl (C=O) groups excluding carboxylic acids is 2. The molecular weight excluding hydrogens is 749 g/mol. The van der Waals surface area contributed by atoms with Crippen LogP contribution in [-0.2, 0) is 38.0 Å². The number of thiazole rings is 1. The first kappa shape index (κ1) is 40.5. The predicted molar refractivity (Wildman–Crippen MR) is 217 cm³/mol. The summed E-state index contributed by atoms with van der Waals surface area (Å²) in [6.07, 6.45) is 1.18. The molecule has 300 valence electrons. The molecule has 4 aromatic heterocycles. The van der Waals surface area contributed by atoms with Crippen molar-refractivity contribution in [3.63, 3.8) is 0 Å². The second kappa shape index (κ2) is 16.9. The molecule has 0 bridgehead atoms. The molecule has 4 heterocycles. The molecular formula is C41H48N8O7S. The fraction of sp³-hybridized carbons (Fsp3) is 0.366. The van der Waals surface area contributed by atoms with Crippen LogP contribution in [0.25, 0.3) is 33.0 Å². The smallest absolute Gasteiger partial charge is 0.410 e. The summed E-state index contributed by atoms with van der Waals surface area (Å²) in [4.78, 5) is 40.5. The van der Waals surface area contributed by atoms with Gasteiger partial charge in [-0.15, -0.1) is 11.3 Å². The zero-order chi connectivity index (χ0) is 41.0. The van der Waals surface area contributed by atoms with Crippen LogP contribution in [0.1, 0.15) is 59.9 Å². The van der Waals surface area contributed by atoms with Crippen molar-refractivity contribution in [2.75, 3.05) is 28.4 Å². The minimum atomic E-state index is -0.771. The van der Waals surface area contributed by atoms with Crippen molar-refractivity contribution in [1.29, 1.82) is 0 Å². The van der Waals surface area contributed by atoms with Gasteiger partial charge in [0.1, 0.15) is 50.7 Å². The summed E-state index contributed by atoms with van der Waals surface area (Å²) in [6.45, 7) is 10.5.